The predicted molar refractivity (Wildman–Crippen MR) is 111 cm³/mol. The quantitative estimate of drug-likeness (QED) is 0.439. The van der Waals surface area contributed by atoms with Gasteiger partial charge in [-0.3, -0.25) is 9.79 Å². The van der Waals surface area contributed by atoms with Crippen LogP contribution in [0.15, 0.2) is 47.5 Å². The Morgan fingerprint density at radius 1 is 1.18 bits per heavy atom. The SMILES string of the molecule is CN=C(NCCc1ccc(OC)cc1Cl)NCc1cccc(OCC(N)=O)c1. The van der Waals surface area contributed by atoms with Crippen molar-refractivity contribution in [2.45, 2.75) is 13.0 Å². The second kappa shape index (κ2) is 11.0. The molecular formula is C20H25ClN4O3. The largest absolute Gasteiger partial charge is 0.497 e. The molecule has 0 fully saturated rings. The first kappa shape index (κ1) is 21.4. The number of methoxy groups -OCH3 is 1. The highest BCUT2D eigenvalue weighted by Gasteiger charge is 2.04. The number of carbonyl (C=O) groups is 1. The summed E-state index contributed by atoms with van der Waals surface area (Å²) < 4.78 is 10.5. The maximum absolute atomic E-state index is 10.8. The number of halogens is 1. The van der Waals surface area contributed by atoms with Gasteiger partial charge in [0.05, 0.1) is 7.11 Å². The Hall–Kier alpha value is -2.93. The average molecular weight is 405 g/mol. The summed E-state index contributed by atoms with van der Waals surface area (Å²) in [5.41, 5.74) is 7.11. The highest BCUT2D eigenvalue weighted by atomic mass is 35.5. The van der Waals surface area contributed by atoms with Crippen LogP contribution in [0.25, 0.3) is 0 Å². The summed E-state index contributed by atoms with van der Waals surface area (Å²) in [5.74, 6) is 1.50. The lowest BCUT2D eigenvalue weighted by Crippen LogP contribution is -2.37. The second-order valence-electron chi connectivity index (χ2n) is 5.96. The zero-order chi connectivity index (χ0) is 20.4. The van der Waals surface area contributed by atoms with Gasteiger partial charge >= 0.3 is 0 Å². The Bertz CT molecular complexity index is 827. The molecule has 8 heteroatoms. The second-order valence-corrected chi connectivity index (χ2v) is 6.37. The number of guanidine groups is 1. The number of nitrogens with zero attached hydrogens (tertiary/aromatic N) is 1. The number of nitrogens with two attached hydrogens (primary N) is 1. The van der Waals surface area contributed by atoms with E-state index < -0.39 is 5.91 Å². The van der Waals surface area contributed by atoms with Gasteiger partial charge < -0.3 is 25.8 Å². The van der Waals surface area contributed by atoms with E-state index in [0.717, 1.165) is 23.3 Å². The van der Waals surface area contributed by atoms with Gasteiger partial charge in [-0.15, -0.1) is 0 Å². The van der Waals surface area contributed by atoms with Crippen molar-refractivity contribution >= 4 is 23.5 Å². The number of rotatable bonds is 9. The third-order valence-electron chi connectivity index (χ3n) is 3.91. The number of benzene rings is 2. The molecule has 0 aromatic heterocycles. The third kappa shape index (κ3) is 7.00. The van der Waals surface area contributed by atoms with E-state index in [1.807, 2.05) is 30.3 Å². The van der Waals surface area contributed by atoms with Crippen molar-refractivity contribution in [1.82, 2.24) is 10.6 Å². The number of primary amides is 1. The molecule has 0 aliphatic rings. The molecule has 0 spiro atoms. The molecule has 0 atom stereocenters. The van der Waals surface area contributed by atoms with Crippen LogP contribution in [0.3, 0.4) is 0 Å². The van der Waals surface area contributed by atoms with E-state index in [-0.39, 0.29) is 6.61 Å². The molecule has 0 saturated heterocycles. The molecule has 0 heterocycles. The molecule has 0 bridgehead atoms. The maximum Gasteiger partial charge on any atom is 0.255 e. The molecule has 0 unspecified atom stereocenters. The number of hydrogen-bond acceptors (Lipinski definition) is 4. The molecule has 0 radical (unpaired) electrons. The van der Waals surface area contributed by atoms with Crippen LogP contribution in [0.1, 0.15) is 11.1 Å². The van der Waals surface area contributed by atoms with Crippen LogP contribution in [0.2, 0.25) is 5.02 Å². The van der Waals surface area contributed by atoms with Gasteiger partial charge in [-0.2, -0.15) is 0 Å². The van der Waals surface area contributed by atoms with E-state index in [2.05, 4.69) is 15.6 Å². The zero-order valence-electron chi connectivity index (χ0n) is 16.0. The Balaban J connectivity index is 1.81. The first-order chi connectivity index (χ1) is 13.5. The Kier molecular flexibility index (Phi) is 8.42. The van der Waals surface area contributed by atoms with Gasteiger partial charge in [-0.25, -0.2) is 0 Å². The molecular weight excluding hydrogens is 380 g/mol. The molecule has 28 heavy (non-hydrogen) atoms. The number of carbonyl (C=O) groups excluding carboxylic acids is 1. The minimum atomic E-state index is -0.509. The summed E-state index contributed by atoms with van der Waals surface area (Å²) in [6.45, 7) is 1.08. The van der Waals surface area contributed by atoms with Crippen LogP contribution >= 0.6 is 11.6 Å². The van der Waals surface area contributed by atoms with Gasteiger partial charge in [0.15, 0.2) is 12.6 Å². The summed E-state index contributed by atoms with van der Waals surface area (Å²) in [6, 6.07) is 13.1. The number of aliphatic imine (C=N–C) groups is 1. The summed E-state index contributed by atoms with van der Waals surface area (Å²) in [6.07, 6.45) is 0.750. The van der Waals surface area contributed by atoms with E-state index in [9.17, 15) is 4.79 Å². The highest BCUT2D eigenvalue weighted by Crippen LogP contribution is 2.22. The summed E-state index contributed by atoms with van der Waals surface area (Å²) in [5, 5.41) is 7.17. The van der Waals surface area contributed by atoms with Crippen LogP contribution in [0, 0.1) is 0 Å². The average Bonchev–Trinajstić information content (AvgIpc) is 2.70. The summed E-state index contributed by atoms with van der Waals surface area (Å²) >= 11 is 6.26. The lowest BCUT2D eigenvalue weighted by atomic mass is 10.1. The van der Waals surface area contributed by atoms with E-state index in [1.165, 1.54) is 0 Å². The van der Waals surface area contributed by atoms with E-state index in [0.29, 0.717) is 29.8 Å². The normalized spacial score (nSPS) is 11.0. The first-order valence-corrected chi connectivity index (χ1v) is 9.16. The molecule has 2 aromatic carbocycles. The minimum Gasteiger partial charge on any atom is -0.497 e. The summed E-state index contributed by atoms with van der Waals surface area (Å²) in [4.78, 5) is 15.0. The molecule has 0 saturated carbocycles. The molecule has 2 rings (SSSR count). The fourth-order valence-corrected chi connectivity index (χ4v) is 2.74. The van der Waals surface area contributed by atoms with Gasteiger partial charge in [0.25, 0.3) is 5.91 Å². The van der Waals surface area contributed by atoms with Crippen LogP contribution < -0.4 is 25.8 Å². The lowest BCUT2D eigenvalue weighted by Gasteiger charge is -2.13. The molecule has 2 aromatic rings. The number of hydrogen-bond donors (Lipinski definition) is 3. The van der Waals surface area contributed by atoms with Crippen LogP contribution in [-0.4, -0.2) is 39.2 Å². The first-order valence-electron chi connectivity index (χ1n) is 8.78. The number of nitrogens with one attached hydrogen (secondary N) is 2. The predicted octanol–water partition coefficient (Wildman–Crippen LogP) is 2.12. The summed E-state index contributed by atoms with van der Waals surface area (Å²) in [7, 11) is 3.32. The van der Waals surface area contributed by atoms with Crippen molar-refractivity contribution < 1.29 is 14.3 Å². The lowest BCUT2D eigenvalue weighted by molar-refractivity contribution is -0.119. The van der Waals surface area contributed by atoms with Gasteiger partial charge in [0.1, 0.15) is 11.5 Å². The molecule has 7 nitrogen and oxygen atoms in total. The molecule has 150 valence electrons. The van der Waals surface area contributed by atoms with Crippen molar-refractivity contribution in [2.24, 2.45) is 10.7 Å². The van der Waals surface area contributed by atoms with E-state index in [1.54, 1.807) is 26.3 Å². The van der Waals surface area contributed by atoms with Gasteiger partial charge in [-0.05, 0) is 41.8 Å². The Labute approximate surface area is 169 Å². The molecule has 0 aliphatic carbocycles. The number of ether oxygens (including phenoxy) is 2. The van der Waals surface area contributed by atoms with Gasteiger partial charge in [0.2, 0.25) is 0 Å². The molecule has 0 aliphatic heterocycles. The smallest absolute Gasteiger partial charge is 0.255 e. The van der Waals surface area contributed by atoms with Crippen LogP contribution in [0.5, 0.6) is 11.5 Å². The fourth-order valence-electron chi connectivity index (χ4n) is 2.48. The topological polar surface area (TPSA) is 98.0 Å². The third-order valence-corrected chi connectivity index (χ3v) is 4.26. The Morgan fingerprint density at radius 2 is 2.00 bits per heavy atom. The van der Waals surface area contributed by atoms with Crippen molar-refractivity contribution in [2.75, 3.05) is 27.3 Å². The van der Waals surface area contributed by atoms with Crippen molar-refractivity contribution in [1.29, 1.82) is 0 Å². The van der Waals surface area contributed by atoms with Gasteiger partial charge in [0, 0.05) is 25.2 Å². The minimum absolute atomic E-state index is 0.145. The van der Waals surface area contributed by atoms with Gasteiger partial charge in [-0.1, -0.05) is 29.8 Å². The number of amides is 1. The Morgan fingerprint density at radius 3 is 2.68 bits per heavy atom. The van der Waals surface area contributed by atoms with Crippen molar-refractivity contribution in [3.8, 4) is 11.5 Å². The van der Waals surface area contributed by atoms with E-state index >= 15 is 0 Å². The monoisotopic (exact) mass is 404 g/mol. The zero-order valence-corrected chi connectivity index (χ0v) is 16.8. The van der Waals surface area contributed by atoms with Crippen molar-refractivity contribution in [3.05, 3.63) is 58.6 Å². The highest BCUT2D eigenvalue weighted by molar-refractivity contribution is 6.31. The van der Waals surface area contributed by atoms with Crippen LogP contribution in [-0.2, 0) is 17.8 Å². The maximum atomic E-state index is 10.8. The molecule has 4 N–H and O–H groups in total. The standard InChI is InChI=1S/C20H25ClN4O3/c1-23-20(24-9-8-15-6-7-16(27-2)11-18(15)21)25-12-14-4-3-5-17(10-14)28-13-19(22)26/h3-7,10-11H,8-9,12-13H2,1-2H3,(H2,22,26)(H2,23,24,25). The van der Waals surface area contributed by atoms with Crippen molar-refractivity contribution in [3.63, 3.8) is 0 Å². The fraction of sp³-hybridized carbons (Fsp3) is 0.300. The van der Waals surface area contributed by atoms with E-state index in [4.69, 9.17) is 26.8 Å². The van der Waals surface area contributed by atoms with Crippen LogP contribution in [0.4, 0.5) is 0 Å². The molecule has 1 amide bonds.